The predicted molar refractivity (Wildman–Crippen MR) is 157 cm³/mol. The van der Waals surface area contributed by atoms with Gasteiger partial charge in [-0.15, -0.1) is 0 Å². The smallest absolute Gasteiger partial charge is 0.355 e. The van der Waals surface area contributed by atoms with Crippen molar-refractivity contribution in [2.75, 3.05) is 23.7 Å². The number of hydrogen-bond donors (Lipinski definition) is 1. The maximum absolute atomic E-state index is 13.7. The Labute approximate surface area is 249 Å². The minimum atomic E-state index is -4.65. The predicted octanol–water partition coefficient (Wildman–Crippen LogP) is 5.68. The van der Waals surface area contributed by atoms with E-state index in [1.807, 2.05) is 30.3 Å². The van der Waals surface area contributed by atoms with Gasteiger partial charge in [0.05, 0.1) is 17.5 Å². The van der Waals surface area contributed by atoms with Gasteiger partial charge in [-0.1, -0.05) is 66.2 Å². The number of likely N-dealkylation sites (N-methyl/N-ethyl adjacent to an activating group) is 1. The van der Waals surface area contributed by atoms with Crippen LogP contribution in [-0.4, -0.2) is 50.5 Å². The quantitative estimate of drug-likeness (QED) is 0.265. The van der Waals surface area contributed by atoms with E-state index in [4.69, 9.17) is 11.6 Å². The minimum absolute atomic E-state index is 0.00533. The molecule has 2 amide bonds. The van der Waals surface area contributed by atoms with E-state index in [9.17, 15) is 31.2 Å². The highest BCUT2D eigenvalue weighted by atomic mass is 35.5. The van der Waals surface area contributed by atoms with Gasteiger partial charge < -0.3 is 10.2 Å². The van der Waals surface area contributed by atoms with Crippen LogP contribution in [0.2, 0.25) is 5.02 Å². The van der Waals surface area contributed by atoms with Crippen molar-refractivity contribution in [3.8, 4) is 0 Å². The number of hydrogen-bond acceptors (Lipinski definition) is 4. The van der Waals surface area contributed by atoms with E-state index in [-0.39, 0.29) is 43.9 Å². The maximum atomic E-state index is 13.7. The van der Waals surface area contributed by atoms with Crippen LogP contribution >= 0.6 is 11.6 Å². The van der Waals surface area contributed by atoms with Crippen LogP contribution in [0.15, 0.2) is 78.9 Å². The first-order chi connectivity index (χ1) is 19.8. The number of carbonyl (C=O) groups excluding carboxylic acids is 2. The fraction of sp³-hybridized carbons (Fsp3) is 0.333. The highest BCUT2D eigenvalue weighted by Crippen LogP contribution is 2.32. The highest BCUT2D eigenvalue weighted by Gasteiger charge is 2.33. The zero-order valence-corrected chi connectivity index (χ0v) is 24.8. The van der Waals surface area contributed by atoms with E-state index < -0.39 is 33.7 Å². The molecule has 0 fully saturated rings. The van der Waals surface area contributed by atoms with Crippen LogP contribution in [-0.2, 0) is 38.8 Å². The molecular formula is C30H33ClF3N3O4S. The van der Waals surface area contributed by atoms with Gasteiger partial charge in [-0.3, -0.25) is 13.9 Å². The van der Waals surface area contributed by atoms with Crippen LogP contribution in [0.5, 0.6) is 0 Å². The Morgan fingerprint density at radius 2 is 1.64 bits per heavy atom. The third kappa shape index (κ3) is 9.22. The first kappa shape index (κ1) is 32.9. The second-order valence-corrected chi connectivity index (χ2v) is 12.0. The number of carbonyl (C=O) groups is 2. The summed E-state index contributed by atoms with van der Waals surface area (Å²) in [6, 6.07) is 19.3. The number of rotatable bonds is 13. The van der Waals surface area contributed by atoms with Gasteiger partial charge in [0, 0.05) is 37.5 Å². The average Bonchev–Trinajstić information content (AvgIpc) is 2.93. The lowest BCUT2D eigenvalue weighted by atomic mass is 10.0. The molecule has 0 aliphatic carbocycles. The zero-order chi connectivity index (χ0) is 30.9. The largest absolute Gasteiger partial charge is 0.416 e. The van der Waals surface area contributed by atoms with E-state index in [2.05, 4.69) is 5.32 Å². The summed E-state index contributed by atoms with van der Waals surface area (Å²) >= 11 is 6.40. The third-order valence-electron chi connectivity index (χ3n) is 6.53. The number of amides is 2. The van der Waals surface area contributed by atoms with Crippen LogP contribution in [0.25, 0.3) is 0 Å². The van der Waals surface area contributed by atoms with Gasteiger partial charge in [0.2, 0.25) is 21.8 Å². The number of anilines is 1. The SMILES string of the molecule is CCNC(=O)[C@@H](Cc1ccccc1)N(Cc1ccccc1Cl)C(=O)CCCN(c1cccc(C(F)(F)F)c1)S(C)(=O)=O. The lowest BCUT2D eigenvalue weighted by Crippen LogP contribution is -2.50. The summed E-state index contributed by atoms with van der Waals surface area (Å²) in [7, 11) is -3.97. The first-order valence-electron chi connectivity index (χ1n) is 13.3. The Bertz CT molecular complexity index is 1470. The molecule has 226 valence electrons. The molecule has 0 aliphatic rings. The van der Waals surface area contributed by atoms with E-state index in [1.54, 1.807) is 31.2 Å². The minimum Gasteiger partial charge on any atom is -0.355 e. The summed E-state index contributed by atoms with van der Waals surface area (Å²) < 4.78 is 65.7. The van der Waals surface area contributed by atoms with Crippen molar-refractivity contribution < 1.29 is 31.2 Å². The lowest BCUT2D eigenvalue weighted by molar-refractivity contribution is -0.141. The molecule has 3 rings (SSSR count). The molecule has 0 saturated carbocycles. The summed E-state index contributed by atoms with van der Waals surface area (Å²) in [5, 5.41) is 3.20. The Morgan fingerprint density at radius 3 is 2.26 bits per heavy atom. The molecule has 42 heavy (non-hydrogen) atoms. The summed E-state index contributed by atoms with van der Waals surface area (Å²) in [4.78, 5) is 28.4. The lowest BCUT2D eigenvalue weighted by Gasteiger charge is -2.32. The Kier molecular flexibility index (Phi) is 11.4. The normalized spacial score (nSPS) is 12.4. The molecule has 0 heterocycles. The van der Waals surface area contributed by atoms with Crippen molar-refractivity contribution in [1.29, 1.82) is 0 Å². The van der Waals surface area contributed by atoms with Crippen molar-refractivity contribution >= 4 is 39.1 Å². The zero-order valence-electron chi connectivity index (χ0n) is 23.3. The summed E-state index contributed by atoms with van der Waals surface area (Å²) in [6.45, 7) is 1.90. The Hall–Kier alpha value is -3.57. The Morgan fingerprint density at radius 1 is 0.976 bits per heavy atom. The van der Waals surface area contributed by atoms with Gasteiger partial charge in [0.25, 0.3) is 0 Å². The van der Waals surface area contributed by atoms with E-state index >= 15 is 0 Å². The first-order valence-corrected chi connectivity index (χ1v) is 15.5. The fourth-order valence-electron chi connectivity index (χ4n) is 4.50. The molecule has 0 unspecified atom stereocenters. The number of sulfonamides is 1. The number of halogens is 4. The topological polar surface area (TPSA) is 86.8 Å². The highest BCUT2D eigenvalue weighted by molar-refractivity contribution is 7.92. The van der Waals surface area contributed by atoms with Gasteiger partial charge >= 0.3 is 6.18 Å². The molecule has 0 bridgehead atoms. The van der Waals surface area contributed by atoms with Crippen LogP contribution in [0, 0.1) is 0 Å². The van der Waals surface area contributed by atoms with Crippen LogP contribution < -0.4 is 9.62 Å². The van der Waals surface area contributed by atoms with Crippen LogP contribution in [0.1, 0.15) is 36.5 Å². The average molecular weight is 624 g/mol. The second kappa shape index (κ2) is 14.6. The van der Waals surface area contributed by atoms with Gasteiger partial charge in [-0.25, -0.2) is 8.42 Å². The van der Waals surface area contributed by atoms with Crippen molar-refractivity contribution in [3.63, 3.8) is 0 Å². The van der Waals surface area contributed by atoms with Gasteiger partial charge in [-0.05, 0) is 48.7 Å². The van der Waals surface area contributed by atoms with E-state index in [1.165, 1.54) is 11.0 Å². The van der Waals surface area contributed by atoms with Crippen molar-refractivity contribution in [3.05, 3.63) is 101 Å². The van der Waals surface area contributed by atoms with Gasteiger partial charge in [0.15, 0.2) is 0 Å². The molecule has 3 aromatic rings. The molecule has 0 aliphatic heterocycles. The molecule has 0 saturated heterocycles. The summed E-state index contributed by atoms with van der Waals surface area (Å²) in [5.41, 5.74) is 0.313. The van der Waals surface area contributed by atoms with E-state index in [0.717, 1.165) is 34.3 Å². The number of nitrogens with zero attached hydrogens (tertiary/aromatic N) is 2. The molecule has 0 spiro atoms. The molecule has 1 N–H and O–H groups in total. The van der Waals surface area contributed by atoms with Gasteiger partial charge in [-0.2, -0.15) is 13.2 Å². The molecule has 3 aromatic carbocycles. The number of alkyl halides is 3. The van der Waals surface area contributed by atoms with Crippen molar-refractivity contribution in [2.24, 2.45) is 0 Å². The standard InChI is InChI=1S/C30H33ClF3N3O4S/c1-3-35-29(39)27(19-22-11-5-4-6-12-22)36(21-23-13-7-8-16-26(23)31)28(38)17-10-18-37(42(2,40)41)25-15-9-14-24(20-25)30(32,33)34/h4-9,11-16,20,27H,3,10,17-19,21H2,1-2H3,(H,35,39)/t27-/m1/s1. The van der Waals surface area contributed by atoms with E-state index in [0.29, 0.717) is 17.1 Å². The molecule has 7 nitrogen and oxygen atoms in total. The molecular weight excluding hydrogens is 591 g/mol. The van der Waals surface area contributed by atoms with Crippen LogP contribution in [0.3, 0.4) is 0 Å². The van der Waals surface area contributed by atoms with Crippen molar-refractivity contribution in [2.45, 2.75) is 44.9 Å². The summed E-state index contributed by atoms with van der Waals surface area (Å²) in [6.07, 6.45) is -3.71. The monoisotopic (exact) mass is 623 g/mol. The molecule has 0 radical (unpaired) electrons. The number of benzene rings is 3. The Balaban J connectivity index is 1.88. The maximum Gasteiger partial charge on any atom is 0.416 e. The molecule has 0 aromatic heterocycles. The second-order valence-electron chi connectivity index (χ2n) is 9.70. The number of nitrogens with one attached hydrogen (secondary N) is 1. The molecule has 1 atom stereocenters. The fourth-order valence-corrected chi connectivity index (χ4v) is 5.65. The van der Waals surface area contributed by atoms with Crippen LogP contribution in [0.4, 0.5) is 18.9 Å². The van der Waals surface area contributed by atoms with Gasteiger partial charge in [0.1, 0.15) is 6.04 Å². The third-order valence-corrected chi connectivity index (χ3v) is 8.10. The summed E-state index contributed by atoms with van der Waals surface area (Å²) in [5.74, 6) is -0.789. The molecule has 12 heteroatoms. The van der Waals surface area contributed by atoms with Crippen molar-refractivity contribution in [1.82, 2.24) is 10.2 Å².